The van der Waals surface area contributed by atoms with E-state index in [1.807, 2.05) is 38.1 Å². The van der Waals surface area contributed by atoms with E-state index in [4.69, 9.17) is 21.1 Å². The summed E-state index contributed by atoms with van der Waals surface area (Å²) >= 11 is 6.08. The predicted octanol–water partition coefficient (Wildman–Crippen LogP) is 9.37. The molecule has 0 saturated heterocycles. The summed E-state index contributed by atoms with van der Waals surface area (Å²) < 4.78 is 11.7. The minimum absolute atomic E-state index is 0.0294. The number of rotatable bonds is 8. The molecule has 0 radical (unpaired) electrons. The van der Waals surface area contributed by atoms with Gasteiger partial charge in [0.2, 0.25) is 0 Å². The van der Waals surface area contributed by atoms with Crippen LogP contribution in [0.15, 0.2) is 35.4 Å². The molecule has 0 aliphatic heterocycles. The van der Waals surface area contributed by atoms with Crippen molar-refractivity contribution in [3.05, 3.63) is 46.0 Å². The molecule has 0 heterocycles. The molecule has 2 N–H and O–H groups in total. The topological polar surface area (TPSA) is 111 Å². The molecule has 6 aliphatic carbocycles. The van der Waals surface area contributed by atoms with Gasteiger partial charge in [-0.1, -0.05) is 86.0 Å². The highest BCUT2D eigenvalue weighted by Gasteiger charge is 2.70. The summed E-state index contributed by atoms with van der Waals surface area (Å²) in [5.74, 6) is 0.972. The zero-order chi connectivity index (χ0) is 39.2. The van der Waals surface area contributed by atoms with Crippen LogP contribution in [-0.4, -0.2) is 42.0 Å². The van der Waals surface area contributed by atoms with Crippen molar-refractivity contribution in [1.29, 1.82) is 0 Å². The maximum Gasteiger partial charge on any atom is 0.315 e. The summed E-state index contributed by atoms with van der Waals surface area (Å²) in [6.45, 7) is 21.4. The molecule has 6 aliphatic rings. The molecule has 0 bridgehead atoms. The van der Waals surface area contributed by atoms with Crippen LogP contribution in [-0.2, 0) is 30.4 Å². The lowest BCUT2D eigenvalue weighted by Gasteiger charge is -2.72. The molecule has 5 saturated carbocycles. The Bertz CT molecular complexity index is 1730. The summed E-state index contributed by atoms with van der Waals surface area (Å²) in [5, 5.41) is 7.15. The average Bonchev–Trinajstić information content (AvgIpc) is 3.39. The summed E-state index contributed by atoms with van der Waals surface area (Å²) in [6.07, 6.45) is 8.28. The lowest BCUT2D eigenvalue weighted by atomic mass is 9.33. The number of esters is 1. The number of ether oxygens (including phenoxy) is 2. The quantitative estimate of drug-likeness (QED) is 0.202. The van der Waals surface area contributed by atoms with Crippen molar-refractivity contribution in [2.24, 2.45) is 56.7 Å². The number of benzene rings is 1. The number of carbonyl (C=O) groups is 4. The van der Waals surface area contributed by atoms with Gasteiger partial charge in [0.05, 0.1) is 11.5 Å². The molecule has 9 heteroatoms. The zero-order valence-corrected chi connectivity index (χ0v) is 34.8. The highest BCUT2D eigenvalue weighted by molar-refractivity contribution is 6.30. The van der Waals surface area contributed by atoms with E-state index in [0.717, 1.165) is 62.5 Å². The number of fused-ring (bicyclic) bond motifs is 7. The Morgan fingerprint density at radius 2 is 1.57 bits per heavy atom. The first-order chi connectivity index (χ1) is 25.2. The number of Topliss-reactive ketones (excluding diaryl/α,β-unsaturated/α-hetero) is 1. The standard InChI is InChI=1S/C45H63ClN2O6/c1-26(2)36-31(50)23-45(48-39(52)47-24-27-10-12-28(46)13-11-27)21-20-43(8)29(37(36)45)14-15-33-42(7)18-17-34(41(5,6)32(42)16-19-44(33,43)9)54-38(51)30-22-35(53-25-49)40(30,3)4/h10-13,25-26,29-30,32-35H,14-24H2,1-9H3,(H2,47,48,52)/t29-,30-,32+,33-,34+,35-,42+,43-,44-,45-/m1/s1. The molecule has 0 aromatic heterocycles. The summed E-state index contributed by atoms with van der Waals surface area (Å²) in [7, 11) is 0. The van der Waals surface area contributed by atoms with Crippen LogP contribution < -0.4 is 10.6 Å². The number of carbonyl (C=O) groups excluding carboxylic acids is 4. The Kier molecular flexibility index (Phi) is 9.75. The molecular weight excluding hydrogens is 700 g/mol. The first-order valence-electron chi connectivity index (χ1n) is 20.6. The first kappa shape index (κ1) is 39.4. The molecule has 1 aromatic rings. The van der Waals surface area contributed by atoms with Gasteiger partial charge in [-0.25, -0.2) is 4.79 Å². The van der Waals surface area contributed by atoms with Gasteiger partial charge in [0.15, 0.2) is 5.78 Å². The fraction of sp³-hybridized carbons (Fsp3) is 0.733. The zero-order valence-electron chi connectivity index (χ0n) is 34.0. The third kappa shape index (κ3) is 5.80. The number of amides is 2. The molecule has 0 spiro atoms. The second-order valence-corrected chi connectivity index (χ2v) is 20.8. The van der Waals surface area contributed by atoms with Crippen LogP contribution in [0.25, 0.3) is 0 Å². The van der Waals surface area contributed by atoms with Gasteiger partial charge >= 0.3 is 12.0 Å². The van der Waals surface area contributed by atoms with E-state index < -0.39 is 11.0 Å². The maximum atomic E-state index is 14.0. The Balaban J connectivity index is 1.12. The van der Waals surface area contributed by atoms with E-state index >= 15 is 0 Å². The number of urea groups is 1. The third-order valence-electron chi connectivity index (χ3n) is 17.0. The molecule has 0 unspecified atom stereocenters. The van der Waals surface area contributed by atoms with Crippen LogP contribution in [0.2, 0.25) is 5.02 Å². The van der Waals surface area contributed by atoms with Crippen molar-refractivity contribution in [3.63, 3.8) is 0 Å². The second kappa shape index (κ2) is 13.4. The van der Waals surface area contributed by atoms with Crippen LogP contribution in [0.5, 0.6) is 0 Å². The van der Waals surface area contributed by atoms with E-state index in [9.17, 15) is 19.2 Å². The van der Waals surface area contributed by atoms with Crippen LogP contribution in [0.1, 0.15) is 132 Å². The van der Waals surface area contributed by atoms with Crippen molar-refractivity contribution in [3.8, 4) is 0 Å². The number of hydrogen-bond donors (Lipinski definition) is 2. The van der Waals surface area contributed by atoms with Crippen molar-refractivity contribution >= 4 is 35.9 Å². The van der Waals surface area contributed by atoms with Gasteiger partial charge in [-0.2, -0.15) is 0 Å². The number of nitrogens with one attached hydrogen (secondary N) is 2. The molecule has 2 amide bonds. The van der Waals surface area contributed by atoms with E-state index in [0.29, 0.717) is 42.7 Å². The van der Waals surface area contributed by atoms with Gasteiger partial charge in [0.1, 0.15) is 12.2 Å². The molecule has 8 nitrogen and oxygen atoms in total. The SMILES string of the molecule is CC(C)C1=C2[C@H]3CC[C@@H]4[C@@]5(C)CC[C@H](OC(=O)[C@H]6C[C@@H](OC=O)C6(C)C)C(C)(C)[C@@H]5CC[C@@]4(C)[C@]3(C)CC[C@@]2(NC(=O)NCc2ccc(Cl)cc2)CC1=O. The lowest BCUT2D eigenvalue weighted by Crippen LogP contribution is -2.67. The van der Waals surface area contributed by atoms with E-state index in [1.165, 1.54) is 5.57 Å². The van der Waals surface area contributed by atoms with Crippen LogP contribution in [0.3, 0.4) is 0 Å². The molecular formula is C45H63ClN2O6. The molecule has 10 atom stereocenters. The maximum absolute atomic E-state index is 14.0. The minimum atomic E-state index is -0.659. The normalized spacial score (nSPS) is 40.3. The van der Waals surface area contributed by atoms with E-state index in [2.05, 4.69) is 59.1 Å². The Morgan fingerprint density at radius 1 is 0.870 bits per heavy atom. The second-order valence-electron chi connectivity index (χ2n) is 20.3. The molecule has 54 heavy (non-hydrogen) atoms. The molecule has 7 rings (SSSR count). The van der Waals surface area contributed by atoms with Crippen LogP contribution in [0.4, 0.5) is 4.79 Å². The van der Waals surface area contributed by atoms with E-state index in [-0.39, 0.29) is 69.4 Å². The number of ketones is 1. The Morgan fingerprint density at radius 3 is 2.22 bits per heavy atom. The van der Waals surface area contributed by atoms with Crippen molar-refractivity contribution in [2.45, 2.75) is 151 Å². The largest absolute Gasteiger partial charge is 0.464 e. The highest BCUT2D eigenvalue weighted by Crippen LogP contribution is 2.76. The summed E-state index contributed by atoms with van der Waals surface area (Å²) in [6, 6.07) is 7.26. The number of allylic oxidation sites excluding steroid dienone is 1. The Labute approximate surface area is 327 Å². The van der Waals surface area contributed by atoms with Crippen molar-refractivity contribution < 1.29 is 28.7 Å². The van der Waals surface area contributed by atoms with Crippen LogP contribution >= 0.6 is 11.6 Å². The van der Waals surface area contributed by atoms with Gasteiger partial charge in [-0.3, -0.25) is 14.4 Å². The number of hydrogen-bond acceptors (Lipinski definition) is 6. The smallest absolute Gasteiger partial charge is 0.315 e. The minimum Gasteiger partial charge on any atom is -0.464 e. The van der Waals surface area contributed by atoms with Gasteiger partial charge in [-0.05, 0) is 127 Å². The Hall–Kier alpha value is -2.87. The fourth-order valence-corrected chi connectivity index (χ4v) is 13.9. The predicted molar refractivity (Wildman–Crippen MR) is 209 cm³/mol. The molecule has 296 valence electrons. The van der Waals surface area contributed by atoms with Crippen molar-refractivity contribution in [2.75, 3.05) is 0 Å². The van der Waals surface area contributed by atoms with E-state index in [1.54, 1.807) is 0 Å². The van der Waals surface area contributed by atoms with Crippen LogP contribution in [0, 0.1) is 56.7 Å². The van der Waals surface area contributed by atoms with Crippen molar-refractivity contribution in [1.82, 2.24) is 10.6 Å². The van der Waals surface area contributed by atoms with Gasteiger partial charge in [-0.15, -0.1) is 0 Å². The molecule has 1 aromatic carbocycles. The fourth-order valence-electron chi connectivity index (χ4n) is 13.8. The van der Waals surface area contributed by atoms with Gasteiger partial charge in [0.25, 0.3) is 6.47 Å². The highest BCUT2D eigenvalue weighted by atomic mass is 35.5. The summed E-state index contributed by atoms with van der Waals surface area (Å²) in [5.41, 5.74) is 1.96. The molecule has 5 fully saturated rings. The lowest BCUT2D eigenvalue weighted by molar-refractivity contribution is -0.236. The number of halogens is 1. The summed E-state index contributed by atoms with van der Waals surface area (Å²) in [4.78, 5) is 52.3. The van der Waals surface area contributed by atoms with Gasteiger partial charge in [0, 0.05) is 28.8 Å². The monoisotopic (exact) mass is 762 g/mol. The third-order valence-corrected chi connectivity index (χ3v) is 17.3. The van der Waals surface area contributed by atoms with Gasteiger partial charge < -0.3 is 20.1 Å². The first-order valence-corrected chi connectivity index (χ1v) is 21.0. The average molecular weight is 763 g/mol.